The lowest BCUT2D eigenvalue weighted by Gasteiger charge is -2.20. The van der Waals surface area contributed by atoms with Crippen LogP contribution >= 0.6 is 7.60 Å². The van der Waals surface area contributed by atoms with Gasteiger partial charge in [0.25, 0.3) is 0 Å². The highest BCUT2D eigenvalue weighted by Gasteiger charge is 2.50. The Morgan fingerprint density at radius 2 is 1.62 bits per heavy atom. The van der Waals surface area contributed by atoms with Gasteiger partial charge in [-0.05, 0) is 42.5 Å². The van der Waals surface area contributed by atoms with Crippen LogP contribution in [0.4, 0.5) is 13.6 Å². The van der Waals surface area contributed by atoms with Crippen LogP contribution in [0.2, 0.25) is 0 Å². The molecule has 0 spiro atoms. The number of carbonyl (C=O) groups excluding carboxylic acids is 3. The largest absolute Gasteiger partial charge is 0.493 e. The molecule has 0 fully saturated rings. The van der Waals surface area contributed by atoms with Crippen molar-refractivity contribution in [3.63, 3.8) is 0 Å². The zero-order chi connectivity index (χ0) is 33.0. The highest BCUT2D eigenvalue weighted by molar-refractivity contribution is 7.52. The van der Waals surface area contributed by atoms with Crippen molar-refractivity contribution in [1.29, 1.82) is 0 Å². The van der Waals surface area contributed by atoms with Crippen molar-refractivity contribution in [3.05, 3.63) is 101 Å². The molecule has 0 saturated carbocycles. The molecule has 11 nitrogen and oxygen atoms in total. The van der Waals surface area contributed by atoms with E-state index in [1.54, 1.807) is 55.5 Å². The number of amides is 2. The SMILES string of the molecule is COC(=O)c1c(C)cccc1OCCCCNC(=O)[C@H](Cc1ccc(C(F)(F)P(=O)(O)O)cc1)NC(=O)OCc1ccccc1. The number of hydrogen-bond donors (Lipinski definition) is 4. The molecule has 0 aromatic heterocycles. The van der Waals surface area contributed by atoms with E-state index in [-0.39, 0.29) is 26.2 Å². The minimum atomic E-state index is -5.75. The van der Waals surface area contributed by atoms with Crippen LogP contribution in [0.5, 0.6) is 5.75 Å². The van der Waals surface area contributed by atoms with Gasteiger partial charge in [-0.15, -0.1) is 0 Å². The van der Waals surface area contributed by atoms with Gasteiger partial charge < -0.3 is 34.6 Å². The molecule has 4 N–H and O–H groups in total. The summed E-state index contributed by atoms with van der Waals surface area (Å²) >= 11 is 0. The number of esters is 1. The maximum atomic E-state index is 14.1. The molecule has 3 aromatic rings. The van der Waals surface area contributed by atoms with E-state index in [0.29, 0.717) is 35.3 Å². The van der Waals surface area contributed by atoms with Crippen molar-refractivity contribution in [2.45, 2.75) is 44.5 Å². The smallest absolute Gasteiger partial charge is 0.408 e. The summed E-state index contributed by atoms with van der Waals surface area (Å²) in [5.41, 5.74) is -3.16. The van der Waals surface area contributed by atoms with Gasteiger partial charge >= 0.3 is 25.3 Å². The lowest BCUT2D eigenvalue weighted by Crippen LogP contribution is -2.48. The van der Waals surface area contributed by atoms with Gasteiger partial charge in [0.2, 0.25) is 5.91 Å². The zero-order valence-electron chi connectivity index (χ0n) is 24.7. The normalized spacial score (nSPS) is 12.1. The third-order valence-corrected chi connectivity index (χ3v) is 7.67. The Morgan fingerprint density at radius 1 is 0.933 bits per heavy atom. The first-order valence-corrected chi connectivity index (χ1v) is 15.5. The Bertz CT molecular complexity index is 1500. The Kier molecular flexibility index (Phi) is 12.6. The summed E-state index contributed by atoms with van der Waals surface area (Å²) < 4.78 is 55.1. The van der Waals surface area contributed by atoms with Crippen LogP contribution in [0.3, 0.4) is 0 Å². The molecule has 242 valence electrons. The predicted molar refractivity (Wildman–Crippen MR) is 160 cm³/mol. The maximum Gasteiger partial charge on any atom is 0.408 e. The summed E-state index contributed by atoms with van der Waals surface area (Å²) in [6.45, 7) is 2.18. The Labute approximate surface area is 259 Å². The second-order valence-electron chi connectivity index (χ2n) is 10.0. The number of rotatable bonds is 15. The van der Waals surface area contributed by atoms with E-state index in [2.05, 4.69) is 10.6 Å². The highest BCUT2D eigenvalue weighted by Crippen LogP contribution is 2.59. The van der Waals surface area contributed by atoms with Gasteiger partial charge in [0.15, 0.2) is 0 Å². The molecule has 45 heavy (non-hydrogen) atoms. The molecule has 3 aromatic carbocycles. The van der Waals surface area contributed by atoms with E-state index in [9.17, 15) is 27.7 Å². The monoisotopic (exact) mass is 648 g/mol. The van der Waals surface area contributed by atoms with Crippen LogP contribution < -0.4 is 15.4 Å². The van der Waals surface area contributed by atoms with E-state index in [0.717, 1.165) is 17.7 Å². The van der Waals surface area contributed by atoms with Crippen molar-refractivity contribution >= 4 is 25.6 Å². The third kappa shape index (κ3) is 10.1. The first-order chi connectivity index (χ1) is 21.3. The first-order valence-electron chi connectivity index (χ1n) is 13.9. The van der Waals surface area contributed by atoms with Crippen molar-refractivity contribution in [2.24, 2.45) is 0 Å². The van der Waals surface area contributed by atoms with Gasteiger partial charge in [-0.2, -0.15) is 8.78 Å². The van der Waals surface area contributed by atoms with Gasteiger partial charge in [-0.1, -0.05) is 66.7 Å². The highest BCUT2D eigenvalue weighted by atomic mass is 31.2. The number of ether oxygens (including phenoxy) is 3. The van der Waals surface area contributed by atoms with Crippen molar-refractivity contribution < 1.29 is 51.7 Å². The predicted octanol–water partition coefficient (Wildman–Crippen LogP) is 4.82. The molecule has 1 atom stereocenters. The quantitative estimate of drug-likeness (QED) is 0.103. The minimum absolute atomic E-state index is 0.0498. The van der Waals surface area contributed by atoms with E-state index >= 15 is 0 Å². The van der Waals surface area contributed by atoms with Crippen LogP contribution in [0, 0.1) is 6.92 Å². The molecular weight excluding hydrogens is 613 g/mol. The summed E-state index contributed by atoms with van der Waals surface area (Å²) in [6, 6.07) is 17.0. The van der Waals surface area contributed by atoms with E-state index in [4.69, 9.17) is 24.0 Å². The second kappa shape index (κ2) is 16.1. The molecule has 0 saturated heterocycles. The molecule has 0 heterocycles. The standard InChI is InChI=1S/C31H35F2N2O9P/c1-21-9-8-12-26(27(21)29(37)42-2)43-18-7-6-17-34-28(36)25(35-30(38)44-20-23-10-4-3-5-11-23)19-22-13-15-24(16-14-22)31(32,33)45(39,40)41/h3-5,8-16,25H,6-7,17-20H2,1-2H3,(H,34,36)(H,35,38)(H2,39,40,41)/t25-/m0/s1. The van der Waals surface area contributed by atoms with Crippen molar-refractivity contribution in [2.75, 3.05) is 20.3 Å². The molecule has 2 amide bonds. The van der Waals surface area contributed by atoms with Gasteiger partial charge in [0, 0.05) is 18.5 Å². The Hall–Kier alpha value is -4.32. The molecule has 0 aliphatic heterocycles. The topological polar surface area (TPSA) is 160 Å². The number of alkyl carbamates (subject to hydrolysis) is 1. The van der Waals surface area contributed by atoms with Crippen molar-refractivity contribution in [1.82, 2.24) is 10.6 Å². The summed E-state index contributed by atoms with van der Waals surface area (Å²) in [6.07, 6.45) is 0.00138. The number of alkyl halides is 2. The van der Waals surface area contributed by atoms with E-state index in [1.807, 2.05) is 0 Å². The number of nitrogens with one attached hydrogen (secondary N) is 2. The molecule has 3 rings (SSSR count). The molecular formula is C31H35F2N2O9P. The molecule has 0 radical (unpaired) electrons. The van der Waals surface area contributed by atoms with Gasteiger partial charge in [0.05, 0.1) is 13.7 Å². The summed E-state index contributed by atoms with van der Waals surface area (Å²) in [5.74, 6) is -0.695. The molecule has 14 heteroatoms. The van der Waals surface area contributed by atoms with Crippen LogP contribution in [-0.4, -0.2) is 54.1 Å². The number of unbranched alkanes of at least 4 members (excludes halogenated alkanes) is 1. The number of benzene rings is 3. The van der Waals surface area contributed by atoms with Gasteiger partial charge in [-0.25, -0.2) is 9.59 Å². The number of halogens is 2. The lowest BCUT2D eigenvalue weighted by atomic mass is 10.0. The fourth-order valence-electron chi connectivity index (χ4n) is 4.23. The van der Waals surface area contributed by atoms with Crippen LogP contribution in [0.25, 0.3) is 0 Å². The average Bonchev–Trinajstić information content (AvgIpc) is 3.01. The lowest BCUT2D eigenvalue weighted by molar-refractivity contribution is -0.123. The summed E-state index contributed by atoms with van der Waals surface area (Å²) in [7, 11) is -4.47. The van der Waals surface area contributed by atoms with Crippen molar-refractivity contribution in [3.8, 4) is 5.75 Å². The molecule has 0 bridgehead atoms. The number of methoxy groups -OCH3 is 1. The van der Waals surface area contributed by atoms with E-state index in [1.165, 1.54) is 19.2 Å². The molecule has 0 unspecified atom stereocenters. The Balaban J connectivity index is 1.59. The van der Waals surface area contributed by atoms with Gasteiger partial charge in [0.1, 0.15) is 24.0 Å². The minimum Gasteiger partial charge on any atom is -0.493 e. The molecule has 0 aliphatic carbocycles. The van der Waals surface area contributed by atoms with E-state index < -0.39 is 42.8 Å². The second-order valence-corrected chi connectivity index (χ2v) is 11.7. The summed E-state index contributed by atoms with van der Waals surface area (Å²) in [5, 5.41) is 5.21. The third-order valence-electron chi connectivity index (χ3n) is 6.68. The number of hydrogen-bond acceptors (Lipinski definition) is 7. The number of carbonyl (C=O) groups is 3. The Morgan fingerprint density at radius 3 is 2.27 bits per heavy atom. The zero-order valence-corrected chi connectivity index (χ0v) is 25.6. The summed E-state index contributed by atoms with van der Waals surface area (Å²) in [4.78, 5) is 55.7. The fourth-order valence-corrected chi connectivity index (χ4v) is 4.72. The van der Waals surface area contributed by atoms with Gasteiger partial charge in [-0.3, -0.25) is 9.36 Å². The van der Waals surface area contributed by atoms with Crippen LogP contribution in [0.15, 0.2) is 72.8 Å². The first kappa shape index (κ1) is 35.2. The fraction of sp³-hybridized carbons (Fsp3) is 0.323. The molecule has 0 aliphatic rings. The van der Waals surface area contributed by atoms with Crippen LogP contribution in [0.1, 0.15) is 45.5 Å². The average molecular weight is 649 g/mol. The number of aryl methyl sites for hydroxylation is 1. The van der Waals surface area contributed by atoms with Crippen LogP contribution in [-0.2, 0) is 37.5 Å². The maximum absolute atomic E-state index is 14.1.